The molecule has 0 spiro atoms. The van der Waals surface area contributed by atoms with Crippen molar-refractivity contribution in [2.75, 3.05) is 25.0 Å². The van der Waals surface area contributed by atoms with E-state index in [0.717, 1.165) is 78.8 Å². The number of pyridine rings is 2. The van der Waals surface area contributed by atoms with Gasteiger partial charge < -0.3 is 25.4 Å². The lowest BCUT2D eigenvalue weighted by Gasteiger charge is -2.22. The van der Waals surface area contributed by atoms with Crippen molar-refractivity contribution in [2.24, 2.45) is 5.92 Å². The van der Waals surface area contributed by atoms with Gasteiger partial charge in [-0.25, -0.2) is 9.18 Å². The van der Waals surface area contributed by atoms with Gasteiger partial charge in [0.05, 0.1) is 27.2 Å². The molecular formula is C35H42FN5O4S. The maximum atomic E-state index is 14.9. The van der Waals surface area contributed by atoms with Crippen LogP contribution in [0.2, 0.25) is 0 Å². The van der Waals surface area contributed by atoms with Crippen LogP contribution in [-0.2, 0) is 11.2 Å². The molecule has 1 atom stereocenters. The molecule has 3 heterocycles. The number of carbonyl (C=O) groups is 2. The molecule has 9 nitrogen and oxygen atoms in total. The summed E-state index contributed by atoms with van der Waals surface area (Å²) in [6.45, 7) is 6.81. The molecule has 1 fully saturated rings. The highest BCUT2D eigenvalue weighted by Gasteiger charge is 2.23. The van der Waals surface area contributed by atoms with Crippen molar-refractivity contribution in [2.45, 2.75) is 71.3 Å². The predicted molar refractivity (Wildman–Crippen MR) is 180 cm³/mol. The summed E-state index contributed by atoms with van der Waals surface area (Å²) in [5.74, 6) is -0.234. The van der Waals surface area contributed by atoms with E-state index in [0.29, 0.717) is 23.9 Å². The molecule has 0 saturated heterocycles. The number of amides is 2. The number of nitrogens with zero attached hydrogens (tertiary/aromatic N) is 3. The maximum Gasteiger partial charge on any atom is 0.319 e. The van der Waals surface area contributed by atoms with E-state index in [1.807, 2.05) is 18.3 Å². The third-order valence-electron chi connectivity index (χ3n) is 8.15. The highest BCUT2D eigenvalue weighted by Crippen LogP contribution is 2.39. The smallest absolute Gasteiger partial charge is 0.319 e. The zero-order valence-corrected chi connectivity index (χ0v) is 27.2. The van der Waals surface area contributed by atoms with Gasteiger partial charge in [-0.2, -0.15) is 0 Å². The molecular weight excluding hydrogens is 605 g/mol. The average molecular weight is 648 g/mol. The van der Waals surface area contributed by atoms with E-state index in [1.54, 1.807) is 18.3 Å². The topological polar surface area (TPSA) is 117 Å². The number of urea groups is 1. The Labute approximate surface area is 273 Å². The zero-order valence-electron chi connectivity index (χ0n) is 26.4. The molecule has 2 amide bonds. The largest absolute Gasteiger partial charge is 0.481 e. The first-order valence-electron chi connectivity index (χ1n) is 16.1. The summed E-state index contributed by atoms with van der Waals surface area (Å²) in [6, 6.07) is 12.1. The first-order valence-corrected chi connectivity index (χ1v) is 17.0. The van der Waals surface area contributed by atoms with E-state index in [1.165, 1.54) is 29.0 Å². The Morgan fingerprint density at radius 3 is 2.63 bits per heavy atom. The van der Waals surface area contributed by atoms with Crippen molar-refractivity contribution < 1.29 is 23.8 Å². The van der Waals surface area contributed by atoms with Gasteiger partial charge in [0.1, 0.15) is 5.75 Å². The van der Waals surface area contributed by atoms with Crippen LogP contribution in [0.3, 0.4) is 0 Å². The summed E-state index contributed by atoms with van der Waals surface area (Å²) >= 11 is 1.49. The summed E-state index contributed by atoms with van der Waals surface area (Å²) in [7, 11) is 0. The molecule has 1 aliphatic carbocycles. The Morgan fingerprint density at radius 1 is 1.09 bits per heavy atom. The number of hydrogen-bond acceptors (Lipinski definition) is 7. The fourth-order valence-electron chi connectivity index (χ4n) is 5.47. The summed E-state index contributed by atoms with van der Waals surface area (Å²) < 4.78 is 21.7. The van der Waals surface area contributed by atoms with Gasteiger partial charge in [-0.05, 0) is 87.4 Å². The van der Waals surface area contributed by atoms with E-state index in [-0.39, 0.29) is 24.2 Å². The van der Waals surface area contributed by atoms with Gasteiger partial charge in [-0.15, -0.1) is 11.3 Å². The molecule has 244 valence electrons. The van der Waals surface area contributed by atoms with Gasteiger partial charge in [-0.1, -0.05) is 26.3 Å². The highest BCUT2D eigenvalue weighted by atomic mass is 32.1. The second kappa shape index (κ2) is 16.0. The second-order valence-corrected chi connectivity index (χ2v) is 13.0. The van der Waals surface area contributed by atoms with Crippen LogP contribution in [0, 0.1) is 11.7 Å². The van der Waals surface area contributed by atoms with Gasteiger partial charge >= 0.3 is 12.0 Å². The second-order valence-electron chi connectivity index (χ2n) is 11.9. The number of ether oxygens (including phenoxy) is 1. The van der Waals surface area contributed by atoms with Crippen LogP contribution in [0.15, 0.2) is 54.9 Å². The Bertz CT molecular complexity index is 1630. The summed E-state index contributed by atoms with van der Waals surface area (Å²) in [5, 5.41) is 14.5. The minimum Gasteiger partial charge on any atom is -0.481 e. The zero-order chi connectivity index (χ0) is 32.5. The number of carboxylic acids is 1. The van der Waals surface area contributed by atoms with Crippen LogP contribution in [0.5, 0.6) is 11.5 Å². The Morgan fingerprint density at radius 2 is 1.93 bits per heavy atom. The van der Waals surface area contributed by atoms with Crippen molar-refractivity contribution in [1.82, 2.24) is 20.2 Å². The molecule has 4 aromatic rings. The molecule has 46 heavy (non-hydrogen) atoms. The van der Waals surface area contributed by atoms with Gasteiger partial charge in [0.15, 0.2) is 11.6 Å². The van der Waals surface area contributed by atoms with Crippen molar-refractivity contribution in [3.05, 3.63) is 66.2 Å². The fraction of sp³-hybridized carbons (Fsp3) is 0.429. The molecule has 0 radical (unpaired) electrons. The van der Waals surface area contributed by atoms with Crippen LogP contribution in [-0.4, -0.2) is 57.7 Å². The Balaban J connectivity index is 1.19. The first-order chi connectivity index (χ1) is 22.3. The van der Waals surface area contributed by atoms with E-state index in [4.69, 9.17) is 14.8 Å². The van der Waals surface area contributed by atoms with Crippen molar-refractivity contribution in [3.63, 3.8) is 0 Å². The molecule has 1 saturated carbocycles. The van der Waals surface area contributed by atoms with Crippen LogP contribution in [0.4, 0.5) is 14.9 Å². The number of aromatic nitrogens is 2. The first kappa shape index (κ1) is 33.3. The molecule has 0 aliphatic heterocycles. The van der Waals surface area contributed by atoms with Crippen molar-refractivity contribution in [1.29, 1.82) is 0 Å². The van der Waals surface area contributed by atoms with Crippen LogP contribution >= 0.6 is 11.3 Å². The average Bonchev–Trinajstić information content (AvgIpc) is 3.74. The minimum absolute atomic E-state index is 0.0573. The maximum absolute atomic E-state index is 14.9. The van der Waals surface area contributed by atoms with Crippen LogP contribution in [0.25, 0.3) is 20.8 Å². The number of anilines is 1. The highest BCUT2D eigenvalue weighted by molar-refractivity contribution is 7.22. The third kappa shape index (κ3) is 9.46. The van der Waals surface area contributed by atoms with Crippen molar-refractivity contribution in [3.8, 4) is 22.1 Å². The van der Waals surface area contributed by atoms with E-state index in [9.17, 15) is 14.0 Å². The summed E-state index contributed by atoms with van der Waals surface area (Å²) in [5.41, 5.74) is 3.12. The molecule has 1 unspecified atom stereocenters. The predicted octanol–water partition coefficient (Wildman–Crippen LogP) is 8.11. The quantitative estimate of drug-likeness (QED) is 0.106. The Hall–Kier alpha value is -4.09. The molecule has 3 N–H and O–H groups in total. The molecule has 1 aliphatic rings. The SMILES string of the molecule is CCCN(CCCC(CC)Cc1ccc(-c2cc3nccc(Oc4ccc(NC(=O)NC5CC5)cc4F)c3s2)nc1)CCC(=O)O. The molecule has 3 aromatic heterocycles. The number of carboxylic acid groups (broad SMARTS) is 1. The van der Waals surface area contributed by atoms with E-state index in [2.05, 4.69) is 40.4 Å². The number of halogens is 1. The van der Waals surface area contributed by atoms with Gasteiger partial charge in [-0.3, -0.25) is 14.8 Å². The number of hydrogen-bond donors (Lipinski definition) is 3. The lowest BCUT2D eigenvalue weighted by Crippen LogP contribution is -2.30. The number of nitrogens with one attached hydrogen (secondary N) is 2. The summed E-state index contributed by atoms with van der Waals surface area (Å²) in [4.78, 5) is 35.4. The van der Waals surface area contributed by atoms with E-state index < -0.39 is 11.8 Å². The molecule has 1 aromatic carbocycles. The third-order valence-corrected chi connectivity index (χ3v) is 9.31. The monoisotopic (exact) mass is 647 g/mol. The number of rotatable bonds is 17. The number of aliphatic carboxylic acids is 1. The molecule has 0 bridgehead atoms. The number of carbonyl (C=O) groups excluding carboxylic acids is 1. The fourth-order valence-corrected chi connectivity index (χ4v) is 6.51. The van der Waals surface area contributed by atoms with Crippen LogP contribution in [0.1, 0.15) is 64.4 Å². The molecule has 5 rings (SSSR count). The summed E-state index contributed by atoms with van der Waals surface area (Å²) in [6.07, 6.45) is 10.9. The van der Waals surface area contributed by atoms with Gasteiger partial charge in [0, 0.05) is 42.8 Å². The normalized spacial score (nSPS) is 13.6. The van der Waals surface area contributed by atoms with Crippen molar-refractivity contribution >= 4 is 39.2 Å². The Kier molecular flexibility index (Phi) is 11.5. The lowest BCUT2D eigenvalue weighted by atomic mass is 9.93. The van der Waals surface area contributed by atoms with E-state index >= 15 is 0 Å². The minimum atomic E-state index is -0.744. The van der Waals surface area contributed by atoms with Gasteiger partial charge in [0.25, 0.3) is 0 Å². The molecule has 11 heteroatoms. The lowest BCUT2D eigenvalue weighted by molar-refractivity contribution is -0.137. The van der Waals surface area contributed by atoms with Crippen LogP contribution < -0.4 is 15.4 Å². The number of benzene rings is 1. The number of thiophene rings is 1. The number of fused-ring (bicyclic) bond motifs is 1. The van der Waals surface area contributed by atoms with Gasteiger partial charge in [0.2, 0.25) is 0 Å². The standard InChI is InChI=1S/C35H42FN5O4S/c1-3-16-41(18-14-33(42)43)17-5-6-23(4-2)19-24-7-11-28(38-22-24)32-21-29-34(46-32)31(13-15-37-29)45-30-12-10-26(20-27(30)36)40-35(44)39-25-8-9-25/h7,10-13,15,20-23,25H,3-6,8-9,14,16-19H2,1-2H3,(H,42,43)(H2,39,40,44).